The number of esters is 2. The van der Waals surface area contributed by atoms with Gasteiger partial charge in [0.15, 0.2) is 18.3 Å². The first-order valence-corrected chi connectivity index (χ1v) is 14.9. The molecular weight excluding hydrogens is 608 g/mol. The molecule has 46 heavy (non-hydrogen) atoms. The molecule has 0 bridgehead atoms. The first-order valence-electron chi connectivity index (χ1n) is 14.9. The number of nitrogens with zero attached hydrogens (tertiary/aromatic N) is 1. The van der Waals surface area contributed by atoms with E-state index >= 15 is 0 Å². The Morgan fingerprint density at radius 3 is 2.50 bits per heavy atom. The number of nitrogens with one attached hydrogen (secondary N) is 1. The molecule has 1 aromatic carbocycles. The molecule has 1 spiro atoms. The number of benzene rings is 1. The zero-order valence-corrected chi connectivity index (χ0v) is 26.0. The quantitative estimate of drug-likeness (QED) is 0.163. The maximum absolute atomic E-state index is 13.3. The zero-order valence-electron chi connectivity index (χ0n) is 26.0. The minimum Gasteiger partial charge on any atom is -0.481 e. The number of fused-ring (bicyclic) bond motifs is 1. The van der Waals surface area contributed by atoms with E-state index in [4.69, 9.17) is 24.4 Å². The smallest absolute Gasteiger partial charge is 0.352 e. The number of likely N-dealkylation sites (N-methyl/N-ethyl adjacent to an activating group) is 1. The van der Waals surface area contributed by atoms with Crippen molar-refractivity contribution in [2.45, 2.75) is 101 Å². The molecule has 1 amide bonds. The van der Waals surface area contributed by atoms with Crippen LogP contribution in [-0.4, -0.2) is 110 Å². The average Bonchev–Trinajstić information content (AvgIpc) is 3.36. The van der Waals surface area contributed by atoms with E-state index in [1.54, 1.807) is 12.1 Å². The molecule has 3 aliphatic rings. The summed E-state index contributed by atoms with van der Waals surface area (Å²) in [6.07, 6.45) is -4.36. The lowest BCUT2D eigenvalue weighted by Crippen LogP contribution is -2.71. The molecule has 1 aliphatic carbocycles. The molecule has 2 aliphatic heterocycles. The van der Waals surface area contributed by atoms with E-state index in [0.717, 1.165) is 11.1 Å². The molecule has 0 saturated carbocycles. The Balaban J connectivity index is 1.56. The number of carbonyl (C=O) groups is 5. The van der Waals surface area contributed by atoms with Gasteiger partial charge in [-0.25, -0.2) is 14.4 Å². The second-order valence-corrected chi connectivity index (χ2v) is 12.1. The number of piperidine rings is 1. The Bertz CT molecular complexity index is 1440. The third-order valence-corrected chi connectivity index (χ3v) is 9.38. The summed E-state index contributed by atoms with van der Waals surface area (Å²) in [5, 5.41) is 51.9. The van der Waals surface area contributed by atoms with Gasteiger partial charge in [0.05, 0.1) is 24.0 Å². The van der Waals surface area contributed by atoms with Gasteiger partial charge in [-0.3, -0.25) is 9.59 Å². The molecule has 1 aromatic rings. The number of carboxylic acid groups (broad SMARTS) is 2. The van der Waals surface area contributed by atoms with Crippen molar-refractivity contribution in [2.75, 3.05) is 13.6 Å². The highest BCUT2D eigenvalue weighted by Crippen LogP contribution is 2.61. The number of likely N-dealkylation sites (tertiary alicyclic amines) is 1. The summed E-state index contributed by atoms with van der Waals surface area (Å²) >= 11 is 0. The maximum Gasteiger partial charge on any atom is 0.352 e. The predicted molar refractivity (Wildman–Crippen MR) is 156 cm³/mol. The largest absolute Gasteiger partial charge is 0.481 e. The number of hydrogen-bond donors (Lipinski definition) is 6. The van der Waals surface area contributed by atoms with Gasteiger partial charge in [0.2, 0.25) is 5.91 Å². The first-order chi connectivity index (χ1) is 21.6. The standard InChI is InChI=1S/C31H40N2O13/c1-15-5-6-18(14-34)25-24(15)30-11-12-33(4)17(3)31(30,43)10-9-21(26(30)46-25)45-28(41)16(2)44-29(42)19(7-8-23(37)38)32-22(36)13-20(35)27(39)40/h5-6,9,16-17,19-20,26,34-35,43H,7-8,10-14H2,1-4H3,(H,32,36)(H,37,38)(H,39,40)/t16-,17+,19-,20-,26-,30-,31+/m0/s1. The monoisotopic (exact) mass is 648 g/mol. The van der Waals surface area contributed by atoms with Crippen LogP contribution < -0.4 is 10.1 Å². The third-order valence-electron chi connectivity index (χ3n) is 9.38. The molecule has 0 radical (unpaired) electrons. The topological polar surface area (TPSA) is 229 Å². The number of aryl methyl sites for hydroxylation is 1. The van der Waals surface area contributed by atoms with Gasteiger partial charge in [0.1, 0.15) is 17.6 Å². The summed E-state index contributed by atoms with van der Waals surface area (Å²) in [6, 6.07) is 1.69. The van der Waals surface area contributed by atoms with Crippen LogP contribution in [0.1, 0.15) is 62.6 Å². The van der Waals surface area contributed by atoms with Crippen molar-refractivity contribution < 1.29 is 63.7 Å². The molecule has 4 rings (SSSR count). The fourth-order valence-corrected chi connectivity index (χ4v) is 6.74. The fraction of sp³-hybridized carbons (Fsp3) is 0.581. The van der Waals surface area contributed by atoms with E-state index < -0.39 is 84.4 Å². The molecule has 1 saturated heterocycles. The normalized spacial score (nSPS) is 27.0. The molecule has 1 fully saturated rings. The molecule has 0 aromatic heterocycles. The average molecular weight is 649 g/mol. The number of aliphatic carboxylic acids is 2. The number of rotatable bonds is 12. The van der Waals surface area contributed by atoms with Crippen molar-refractivity contribution in [1.29, 1.82) is 0 Å². The second-order valence-electron chi connectivity index (χ2n) is 12.1. The van der Waals surface area contributed by atoms with Gasteiger partial charge in [0.25, 0.3) is 0 Å². The predicted octanol–water partition coefficient (Wildman–Crippen LogP) is -0.111. The summed E-state index contributed by atoms with van der Waals surface area (Å²) in [7, 11) is 1.91. The lowest BCUT2D eigenvalue weighted by molar-refractivity contribution is -0.172. The van der Waals surface area contributed by atoms with Gasteiger partial charge < -0.3 is 50.0 Å². The highest BCUT2D eigenvalue weighted by atomic mass is 16.6. The lowest BCUT2D eigenvalue weighted by atomic mass is 9.54. The van der Waals surface area contributed by atoms with Crippen LogP contribution >= 0.6 is 0 Å². The Morgan fingerprint density at radius 2 is 1.87 bits per heavy atom. The zero-order chi connectivity index (χ0) is 34.1. The second kappa shape index (κ2) is 13.4. The number of hydrogen-bond acceptors (Lipinski definition) is 12. The molecule has 252 valence electrons. The summed E-state index contributed by atoms with van der Waals surface area (Å²) in [5.41, 5.74) is -0.299. The Labute approximate surface area is 264 Å². The van der Waals surface area contributed by atoms with Crippen LogP contribution in [0.25, 0.3) is 0 Å². The minimum absolute atomic E-state index is 0.0900. The fourth-order valence-electron chi connectivity index (χ4n) is 6.74. The lowest BCUT2D eigenvalue weighted by Gasteiger charge is -2.58. The van der Waals surface area contributed by atoms with Crippen molar-refractivity contribution in [1.82, 2.24) is 10.2 Å². The van der Waals surface area contributed by atoms with Gasteiger partial charge in [-0.2, -0.15) is 0 Å². The molecule has 7 atom stereocenters. The van der Waals surface area contributed by atoms with E-state index in [0.29, 0.717) is 24.3 Å². The molecule has 15 heteroatoms. The Morgan fingerprint density at radius 1 is 1.17 bits per heavy atom. The summed E-state index contributed by atoms with van der Waals surface area (Å²) < 4.78 is 17.4. The number of carboxylic acids is 2. The molecule has 6 N–H and O–H groups in total. The van der Waals surface area contributed by atoms with Crippen LogP contribution in [0.4, 0.5) is 0 Å². The number of carbonyl (C=O) groups excluding carboxylic acids is 3. The number of aliphatic hydroxyl groups is 3. The van der Waals surface area contributed by atoms with Crippen molar-refractivity contribution in [3.8, 4) is 5.75 Å². The molecular formula is C31H40N2O13. The Kier molecular flexibility index (Phi) is 10.1. The number of ether oxygens (including phenoxy) is 3. The van der Waals surface area contributed by atoms with E-state index in [1.165, 1.54) is 6.92 Å². The van der Waals surface area contributed by atoms with E-state index in [1.807, 2.05) is 31.9 Å². The number of amides is 1. The van der Waals surface area contributed by atoms with Crippen molar-refractivity contribution in [3.05, 3.63) is 40.7 Å². The van der Waals surface area contributed by atoms with Crippen LogP contribution in [0.5, 0.6) is 5.75 Å². The van der Waals surface area contributed by atoms with Crippen LogP contribution in [0, 0.1) is 6.92 Å². The molecule has 2 heterocycles. The first kappa shape index (κ1) is 34.8. The van der Waals surface area contributed by atoms with Gasteiger partial charge in [-0.05, 0) is 58.8 Å². The van der Waals surface area contributed by atoms with Crippen LogP contribution in [-0.2, 0) is 45.5 Å². The number of aliphatic hydroxyl groups excluding tert-OH is 2. The van der Waals surface area contributed by atoms with Crippen LogP contribution in [0.15, 0.2) is 24.0 Å². The van der Waals surface area contributed by atoms with Crippen molar-refractivity contribution in [3.63, 3.8) is 0 Å². The van der Waals surface area contributed by atoms with E-state index in [2.05, 4.69) is 5.32 Å². The van der Waals surface area contributed by atoms with E-state index in [9.17, 15) is 39.3 Å². The van der Waals surface area contributed by atoms with E-state index in [-0.39, 0.29) is 24.8 Å². The molecule has 0 unspecified atom stereocenters. The van der Waals surface area contributed by atoms with Gasteiger partial charge in [0, 0.05) is 30.0 Å². The Hall–Kier alpha value is -4.05. The highest BCUT2D eigenvalue weighted by Gasteiger charge is 2.69. The van der Waals surface area contributed by atoms with Gasteiger partial charge in [-0.15, -0.1) is 0 Å². The maximum atomic E-state index is 13.3. The SMILES string of the molecule is Cc1ccc(CO)c2c1[C@]13CCN(C)[C@H](C)[C@]1(O)CC=C(OC(=O)[C@H](C)OC(=O)[C@H](CCC(=O)O)NC(=O)C[C@H](O)C(=O)O)[C@@H]3O2. The summed E-state index contributed by atoms with van der Waals surface area (Å²) in [5.74, 6) is -5.69. The van der Waals surface area contributed by atoms with Crippen LogP contribution in [0.2, 0.25) is 0 Å². The summed E-state index contributed by atoms with van der Waals surface area (Å²) in [6.45, 7) is 5.29. The van der Waals surface area contributed by atoms with Crippen LogP contribution in [0.3, 0.4) is 0 Å². The van der Waals surface area contributed by atoms with Gasteiger partial charge in [-0.1, -0.05) is 12.1 Å². The summed E-state index contributed by atoms with van der Waals surface area (Å²) in [4.78, 5) is 62.5. The molecule has 15 nitrogen and oxygen atoms in total. The van der Waals surface area contributed by atoms with Crippen molar-refractivity contribution in [2.24, 2.45) is 0 Å². The van der Waals surface area contributed by atoms with Gasteiger partial charge >= 0.3 is 23.9 Å². The highest BCUT2D eigenvalue weighted by molar-refractivity contribution is 5.89. The third kappa shape index (κ3) is 6.19. The van der Waals surface area contributed by atoms with Crippen molar-refractivity contribution >= 4 is 29.8 Å². The minimum atomic E-state index is -2.05.